The third-order valence-corrected chi connectivity index (χ3v) is 7.55. The molecule has 2 aliphatic rings. The fraction of sp³-hybridized carbons (Fsp3) is 0.933. The second-order valence-electron chi connectivity index (χ2n) is 8.47. The van der Waals surface area contributed by atoms with Crippen molar-refractivity contribution in [3.8, 4) is 0 Å². The lowest BCUT2D eigenvalue weighted by molar-refractivity contribution is -0.139. The van der Waals surface area contributed by atoms with Crippen molar-refractivity contribution in [2.24, 2.45) is 5.92 Å². The molecule has 1 heterocycles. The van der Waals surface area contributed by atoms with Crippen molar-refractivity contribution in [3.63, 3.8) is 0 Å². The minimum absolute atomic E-state index is 0.0430. The van der Waals surface area contributed by atoms with Crippen molar-refractivity contribution >= 4 is 22.5 Å². The van der Waals surface area contributed by atoms with E-state index in [0.717, 1.165) is 12.3 Å². The van der Waals surface area contributed by atoms with Gasteiger partial charge in [-0.15, -0.1) is 0 Å². The highest BCUT2D eigenvalue weighted by molar-refractivity contribution is 6.74. The Labute approximate surface area is 126 Å². The summed E-state index contributed by atoms with van der Waals surface area (Å²) in [5.41, 5.74) is 0. The van der Waals surface area contributed by atoms with Crippen molar-refractivity contribution in [2.45, 2.75) is 83.5 Å². The zero-order valence-electron chi connectivity index (χ0n) is 14.0. The maximum atomic E-state index is 12.7. The Morgan fingerprint density at radius 1 is 1.05 bits per heavy atom. The summed E-state index contributed by atoms with van der Waals surface area (Å²) in [6.45, 7) is 13.4. The van der Waals surface area contributed by atoms with Gasteiger partial charge in [-0.3, -0.25) is 4.79 Å². The third kappa shape index (κ3) is 3.54. The number of carbonyl (C=O) groups excluding carboxylic acids is 1. The Hall–Kier alpha value is -0.136. The van der Waals surface area contributed by atoms with Crippen LogP contribution in [0.2, 0.25) is 39.3 Å². The largest absolute Gasteiger partial charge is 0.519 e. The second-order valence-corrected chi connectivity index (χ2v) is 17.8. The predicted molar refractivity (Wildman–Crippen MR) is 88.8 cm³/mol. The molecule has 5 heteroatoms. The van der Waals surface area contributed by atoms with E-state index in [4.69, 9.17) is 4.43 Å². The lowest BCUT2D eigenvalue weighted by Gasteiger charge is -2.42. The Morgan fingerprint density at radius 2 is 1.65 bits per heavy atom. The number of rotatable bonds is 3. The van der Waals surface area contributed by atoms with Gasteiger partial charge in [0.15, 0.2) is 0 Å². The van der Waals surface area contributed by atoms with Crippen LogP contribution in [0.1, 0.15) is 32.1 Å². The second kappa shape index (κ2) is 5.57. The first-order chi connectivity index (χ1) is 9.09. The molecule has 0 spiro atoms. The molecule has 2 rings (SSSR count). The van der Waals surface area contributed by atoms with Gasteiger partial charge in [0.2, 0.25) is 8.32 Å². The van der Waals surface area contributed by atoms with Gasteiger partial charge in [0.1, 0.15) is 14.3 Å². The highest BCUT2D eigenvalue weighted by atomic mass is 28.4. The molecule has 1 aliphatic carbocycles. The fourth-order valence-electron chi connectivity index (χ4n) is 4.01. The van der Waals surface area contributed by atoms with Crippen molar-refractivity contribution < 1.29 is 9.22 Å². The van der Waals surface area contributed by atoms with E-state index in [1.807, 2.05) is 0 Å². The molecule has 0 aromatic rings. The van der Waals surface area contributed by atoms with Crippen LogP contribution in [-0.4, -0.2) is 39.2 Å². The quantitative estimate of drug-likeness (QED) is 0.742. The minimum atomic E-state index is -1.79. The highest BCUT2D eigenvalue weighted by Gasteiger charge is 2.50. The van der Waals surface area contributed by atoms with Gasteiger partial charge >= 0.3 is 5.97 Å². The van der Waals surface area contributed by atoms with E-state index in [-0.39, 0.29) is 12.0 Å². The van der Waals surface area contributed by atoms with E-state index in [0.29, 0.717) is 6.04 Å². The van der Waals surface area contributed by atoms with Crippen molar-refractivity contribution in [2.75, 3.05) is 0 Å². The van der Waals surface area contributed by atoms with Gasteiger partial charge < -0.3 is 8.99 Å². The summed E-state index contributed by atoms with van der Waals surface area (Å²) < 4.78 is 8.44. The van der Waals surface area contributed by atoms with Crippen LogP contribution in [0.15, 0.2) is 0 Å². The molecule has 0 bridgehead atoms. The van der Waals surface area contributed by atoms with Crippen LogP contribution in [0.25, 0.3) is 0 Å². The van der Waals surface area contributed by atoms with Gasteiger partial charge in [0.25, 0.3) is 0 Å². The lowest BCUT2D eigenvalue weighted by atomic mass is 9.85. The van der Waals surface area contributed by atoms with Gasteiger partial charge in [0.05, 0.1) is 0 Å². The Kier molecular flexibility index (Phi) is 4.53. The van der Waals surface area contributed by atoms with Crippen LogP contribution >= 0.6 is 0 Å². The predicted octanol–water partition coefficient (Wildman–Crippen LogP) is 3.83. The van der Waals surface area contributed by atoms with Gasteiger partial charge in [0, 0.05) is 6.04 Å². The molecule has 1 saturated carbocycles. The first-order valence-electron chi connectivity index (χ1n) is 8.11. The molecular weight excluding hydrogens is 282 g/mol. The molecule has 20 heavy (non-hydrogen) atoms. The molecule has 3 atom stereocenters. The molecule has 1 aliphatic heterocycles. The fourth-order valence-corrected chi connectivity index (χ4v) is 7.23. The monoisotopic (exact) mass is 313 g/mol. The zero-order valence-corrected chi connectivity index (χ0v) is 16.0. The average molecular weight is 314 g/mol. The minimum Gasteiger partial charge on any atom is -0.519 e. The summed E-state index contributed by atoms with van der Waals surface area (Å²) in [5.74, 6) is 0.802. The molecule has 0 unspecified atom stereocenters. The molecule has 0 radical (unpaired) electrons. The zero-order chi connectivity index (χ0) is 15.1. The van der Waals surface area contributed by atoms with Crippen LogP contribution < -0.4 is 0 Å². The van der Waals surface area contributed by atoms with Gasteiger partial charge in [-0.05, 0) is 44.8 Å². The normalized spacial score (nSPS) is 32.0. The molecule has 2 fully saturated rings. The van der Waals surface area contributed by atoms with E-state index in [9.17, 15) is 4.79 Å². The molecule has 1 saturated heterocycles. The van der Waals surface area contributed by atoms with Crippen LogP contribution in [0.4, 0.5) is 0 Å². The van der Waals surface area contributed by atoms with Crippen LogP contribution in [0.5, 0.6) is 0 Å². The molecule has 116 valence electrons. The Balaban J connectivity index is 2.20. The smallest absolute Gasteiger partial charge is 0.309 e. The first-order valence-corrected chi connectivity index (χ1v) is 15.0. The lowest BCUT2D eigenvalue weighted by Crippen LogP contribution is -2.57. The number of hydrogen-bond donors (Lipinski definition) is 0. The summed E-state index contributed by atoms with van der Waals surface area (Å²) in [7, 11) is -3.27. The summed E-state index contributed by atoms with van der Waals surface area (Å²) in [6.07, 6.45) is 6.31. The van der Waals surface area contributed by atoms with E-state index >= 15 is 0 Å². The number of nitrogens with zero attached hydrogens (tertiary/aromatic N) is 1. The maximum absolute atomic E-state index is 12.7. The molecule has 0 aromatic carbocycles. The molecule has 3 nitrogen and oxygen atoms in total. The van der Waals surface area contributed by atoms with E-state index in [1.54, 1.807) is 0 Å². The SMILES string of the molecule is C[Si](C)(C)OC(=O)[C@H]1C[C@H]2CCCC[C@H]2N1[Si](C)(C)C. The molecule has 0 amide bonds. The maximum Gasteiger partial charge on any atom is 0.309 e. The van der Waals surface area contributed by atoms with Gasteiger partial charge in [-0.1, -0.05) is 32.5 Å². The highest BCUT2D eigenvalue weighted by Crippen LogP contribution is 2.42. The van der Waals surface area contributed by atoms with Gasteiger partial charge in [-0.2, -0.15) is 0 Å². The average Bonchev–Trinajstić information content (AvgIpc) is 2.65. The Morgan fingerprint density at radius 3 is 2.20 bits per heavy atom. The summed E-state index contributed by atoms with van der Waals surface area (Å²) in [4.78, 5) is 12.7. The molecular formula is C15H31NO2Si2. The number of fused-ring (bicyclic) bond motifs is 1. The van der Waals surface area contributed by atoms with E-state index in [2.05, 4.69) is 43.8 Å². The van der Waals surface area contributed by atoms with Crippen LogP contribution in [0.3, 0.4) is 0 Å². The topological polar surface area (TPSA) is 29.5 Å². The summed E-state index contributed by atoms with van der Waals surface area (Å²) in [6, 6.07) is 0.691. The van der Waals surface area contributed by atoms with Crippen LogP contribution in [0, 0.1) is 5.92 Å². The molecule has 0 aromatic heterocycles. The first kappa shape index (κ1) is 16.2. The number of hydrogen-bond acceptors (Lipinski definition) is 3. The summed E-state index contributed by atoms with van der Waals surface area (Å²) >= 11 is 0. The van der Waals surface area contributed by atoms with Crippen molar-refractivity contribution in [1.29, 1.82) is 0 Å². The van der Waals surface area contributed by atoms with Gasteiger partial charge in [-0.25, -0.2) is 0 Å². The standard InChI is InChI=1S/C15H31NO2Si2/c1-19(2,3)16-13-10-8-7-9-12(13)11-14(16)15(17)18-20(4,5)6/h12-14H,7-11H2,1-6H3/t12-,13-,14-/m1/s1. The van der Waals surface area contributed by atoms with E-state index < -0.39 is 16.6 Å². The van der Waals surface area contributed by atoms with Crippen molar-refractivity contribution in [3.05, 3.63) is 0 Å². The number of carbonyl (C=O) groups is 1. The van der Waals surface area contributed by atoms with Crippen molar-refractivity contribution in [1.82, 2.24) is 4.57 Å². The van der Waals surface area contributed by atoms with Crippen LogP contribution in [-0.2, 0) is 9.22 Å². The van der Waals surface area contributed by atoms with E-state index in [1.165, 1.54) is 25.7 Å². The Bertz CT molecular complexity index is 373. The summed E-state index contributed by atoms with van der Waals surface area (Å²) in [5, 5.41) is 0. The molecule has 0 N–H and O–H groups in total. The third-order valence-electron chi connectivity index (χ3n) is 4.54.